The van der Waals surface area contributed by atoms with Crippen LogP contribution in [-0.2, 0) is 11.2 Å². The largest absolute Gasteiger partial charge is 0.355 e. The van der Waals surface area contributed by atoms with Gasteiger partial charge in [-0.3, -0.25) is 9.78 Å². The highest BCUT2D eigenvalue weighted by Crippen LogP contribution is 2.31. The third-order valence-corrected chi connectivity index (χ3v) is 5.60. The molecule has 3 rings (SSSR count). The number of amides is 1. The summed E-state index contributed by atoms with van der Waals surface area (Å²) in [7, 11) is 0. The summed E-state index contributed by atoms with van der Waals surface area (Å²) in [6, 6.07) is 5.80. The number of nitrogens with zero attached hydrogens (tertiary/aromatic N) is 2. The Bertz CT molecular complexity index is 694. The lowest BCUT2D eigenvalue weighted by atomic mass is 9.74. The van der Waals surface area contributed by atoms with Crippen LogP contribution < -0.4 is 11.1 Å². The number of hydrogen-bond donors (Lipinski definition) is 2. The number of hydrogen-bond acceptors (Lipinski definition) is 5. The minimum atomic E-state index is -0.379. The topological polar surface area (TPSA) is 80.9 Å². The average molecular weight is 417 g/mol. The quantitative estimate of drug-likeness (QED) is 0.779. The Morgan fingerprint density at radius 2 is 2.15 bits per heavy atom. The van der Waals surface area contributed by atoms with Crippen molar-refractivity contribution in [3.8, 4) is 11.4 Å². The van der Waals surface area contributed by atoms with E-state index in [4.69, 9.17) is 5.73 Å². The summed E-state index contributed by atoms with van der Waals surface area (Å²) in [4.78, 5) is 21.3. The fourth-order valence-corrected chi connectivity index (χ4v) is 4.05. The predicted molar refractivity (Wildman–Crippen MR) is 111 cm³/mol. The van der Waals surface area contributed by atoms with Crippen LogP contribution in [-0.4, -0.2) is 28.0 Å². The Hall–Kier alpha value is -1.21. The van der Waals surface area contributed by atoms with Crippen molar-refractivity contribution in [1.29, 1.82) is 0 Å². The molecule has 0 spiro atoms. The normalized spacial score (nSPS) is 22.0. The van der Waals surface area contributed by atoms with Crippen LogP contribution >= 0.6 is 36.2 Å². The van der Waals surface area contributed by atoms with Gasteiger partial charge in [0.05, 0.1) is 22.3 Å². The molecule has 1 aliphatic carbocycles. The molecule has 2 aromatic rings. The Kier molecular flexibility index (Phi) is 8.96. The summed E-state index contributed by atoms with van der Waals surface area (Å²) in [6.07, 6.45) is 6.52. The molecule has 0 aliphatic heterocycles. The van der Waals surface area contributed by atoms with E-state index in [1.807, 2.05) is 30.5 Å². The highest BCUT2D eigenvalue weighted by atomic mass is 35.5. The molecule has 2 atom stereocenters. The molecule has 0 radical (unpaired) electrons. The van der Waals surface area contributed by atoms with Crippen molar-refractivity contribution in [2.75, 3.05) is 6.54 Å². The van der Waals surface area contributed by atoms with Gasteiger partial charge in [0.25, 0.3) is 0 Å². The monoisotopic (exact) mass is 416 g/mol. The van der Waals surface area contributed by atoms with Crippen molar-refractivity contribution in [3.63, 3.8) is 0 Å². The molecule has 0 saturated heterocycles. The van der Waals surface area contributed by atoms with Crippen molar-refractivity contribution in [2.45, 2.75) is 44.6 Å². The van der Waals surface area contributed by atoms with E-state index in [0.717, 1.165) is 48.5 Å². The van der Waals surface area contributed by atoms with Crippen molar-refractivity contribution in [1.82, 2.24) is 15.3 Å². The molecule has 2 heterocycles. The third kappa shape index (κ3) is 5.64. The zero-order chi connectivity index (χ0) is 17.0. The van der Waals surface area contributed by atoms with E-state index in [0.29, 0.717) is 6.54 Å². The van der Waals surface area contributed by atoms with E-state index in [1.165, 1.54) is 0 Å². The molecule has 2 aromatic heterocycles. The summed E-state index contributed by atoms with van der Waals surface area (Å²) in [6.45, 7) is 2.59. The van der Waals surface area contributed by atoms with Crippen molar-refractivity contribution >= 4 is 42.1 Å². The number of carbonyl (C=O) groups excluding carboxylic acids is 1. The molecule has 1 aliphatic rings. The molecule has 144 valence electrons. The molecule has 26 heavy (non-hydrogen) atoms. The lowest BCUT2D eigenvalue weighted by molar-refractivity contribution is -0.128. The molecule has 1 fully saturated rings. The summed E-state index contributed by atoms with van der Waals surface area (Å²) < 4.78 is 0. The second-order valence-corrected chi connectivity index (χ2v) is 7.63. The minimum Gasteiger partial charge on any atom is -0.355 e. The lowest BCUT2D eigenvalue weighted by Gasteiger charge is -2.37. The van der Waals surface area contributed by atoms with E-state index in [-0.39, 0.29) is 42.2 Å². The first kappa shape index (κ1) is 22.8. The van der Waals surface area contributed by atoms with Gasteiger partial charge in [0.1, 0.15) is 0 Å². The fraction of sp³-hybridized carbons (Fsp3) is 0.500. The van der Waals surface area contributed by atoms with Gasteiger partial charge in [-0.25, -0.2) is 4.98 Å². The van der Waals surface area contributed by atoms with Crippen LogP contribution in [0.2, 0.25) is 0 Å². The molecular formula is C18H26Cl2N4OS. The van der Waals surface area contributed by atoms with Crippen LogP contribution in [0.25, 0.3) is 11.4 Å². The molecule has 0 bridgehead atoms. The maximum Gasteiger partial charge on any atom is 0.224 e. The SMILES string of the molecule is CC1(N)CCCCC1C(=O)NCCc1nc(-c2ccccn2)cs1.Cl.Cl. The van der Waals surface area contributed by atoms with Crippen LogP contribution in [0.5, 0.6) is 0 Å². The standard InChI is InChI=1S/C18H24N4OS.2ClH/c1-18(19)9-4-2-6-13(18)17(23)21-11-8-16-22-15(12-24-16)14-7-3-5-10-20-14;;/h3,5,7,10,12-13H,2,4,6,8-9,11,19H2,1H3,(H,21,23);2*1H. The van der Waals surface area contributed by atoms with Gasteiger partial charge in [0, 0.05) is 30.1 Å². The van der Waals surface area contributed by atoms with E-state index in [2.05, 4.69) is 15.3 Å². The molecule has 0 aromatic carbocycles. The number of rotatable bonds is 5. The Morgan fingerprint density at radius 1 is 1.35 bits per heavy atom. The molecule has 1 saturated carbocycles. The highest BCUT2D eigenvalue weighted by Gasteiger charge is 2.37. The number of pyridine rings is 1. The second-order valence-electron chi connectivity index (χ2n) is 6.69. The summed E-state index contributed by atoms with van der Waals surface area (Å²) >= 11 is 1.60. The zero-order valence-electron chi connectivity index (χ0n) is 14.8. The lowest BCUT2D eigenvalue weighted by Crippen LogP contribution is -2.53. The van der Waals surface area contributed by atoms with Gasteiger partial charge < -0.3 is 11.1 Å². The summed E-state index contributed by atoms with van der Waals surface area (Å²) in [5, 5.41) is 6.06. The van der Waals surface area contributed by atoms with Gasteiger partial charge in [-0.15, -0.1) is 36.2 Å². The van der Waals surface area contributed by atoms with Crippen LogP contribution in [0.1, 0.15) is 37.6 Å². The number of nitrogens with one attached hydrogen (secondary N) is 1. The van der Waals surface area contributed by atoms with Gasteiger partial charge in [-0.2, -0.15) is 0 Å². The molecule has 5 nitrogen and oxygen atoms in total. The minimum absolute atomic E-state index is 0. The first-order valence-corrected chi connectivity index (χ1v) is 9.36. The number of halogens is 2. The molecule has 8 heteroatoms. The van der Waals surface area contributed by atoms with Gasteiger partial charge in [0.2, 0.25) is 5.91 Å². The summed E-state index contributed by atoms with van der Waals surface area (Å²) in [5.74, 6) is 0.00725. The fourth-order valence-electron chi connectivity index (χ4n) is 3.26. The van der Waals surface area contributed by atoms with Gasteiger partial charge in [-0.05, 0) is 31.9 Å². The number of nitrogens with two attached hydrogens (primary N) is 1. The maximum atomic E-state index is 12.4. The van der Waals surface area contributed by atoms with Crippen LogP contribution in [0.3, 0.4) is 0 Å². The smallest absolute Gasteiger partial charge is 0.224 e. The van der Waals surface area contributed by atoms with Crippen molar-refractivity contribution < 1.29 is 4.79 Å². The van der Waals surface area contributed by atoms with Gasteiger partial charge >= 0.3 is 0 Å². The molecular weight excluding hydrogens is 391 g/mol. The predicted octanol–water partition coefficient (Wildman–Crippen LogP) is 3.62. The van der Waals surface area contributed by atoms with E-state index in [9.17, 15) is 4.79 Å². The number of thiazole rings is 1. The van der Waals surface area contributed by atoms with E-state index < -0.39 is 0 Å². The summed E-state index contributed by atoms with van der Waals surface area (Å²) in [5.41, 5.74) is 7.69. The zero-order valence-corrected chi connectivity index (χ0v) is 17.3. The number of aromatic nitrogens is 2. The van der Waals surface area contributed by atoms with Gasteiger partial charge in [-0.1, -0.05) is 18.9 Å². The van der Waals surface area contributed by atoms with Crippen LogP contribution in [0, 0.1) is 5.92 Å². The molecule has 1 amide bonds. The third-order valence-electron chi connectivity index (χ3n) is 4.69. The van der Waals surface area contributed by atoms with Crippen LogP contribution in [0.4, 0.5) is 0 Å². The first-order valence-electron chi connectivity index (χ1n) is 8.49. The second kappa shape index (κ2) is 10.2. The Balaban J connectivity index is 0.00000169. The maximum absolute atomic E-state index is 12.4. The Labute approximate surface area is 171 Å². The highest BCUT2D eigenvalue weighted by molar-refractivity contribution is 7.09. The van der Waals surface area contributed by atoms with E-state index in [1.54, 1.807) is 17.5 Å². The Morgan fingerprint density at radius 3 is 2.85 bits per heavy atom. The van der Waals surface area contributed by atoms with Crippen molar-refractivity contribution in [3.05, 3.63) is 34.8 Å². The van der Waals surface area contributed by atoms with E-state index >= 15 is 0 Å². The van der Waals surface area contributed by atoms with Crippen molar-refractivity contribution in [2.24, 2.45) is 11.7 Å². The molecule has 3 N–H and O–H groups in total. The first-order chi connectivity index (χ1) is 11.6. The van der Waals surface area contributed by atoms with Crippen LogP contribution in [0.15, 0.2) is 29.8 Å². The number of carbonyl (C=O) groups is 1. The van der Waals surface area contributed by atoms with Gasteiger partial charge in [0.15, 0.2) is 0 Å². The average Bonchev–Trinajstić information content (AvgIpc) is 3.04. The molecule has 2 unspecified atom stereocenters.